The summed E-state index contributed by atoms with van der Waals surface area (Å²) in [5.74, 6) is 3.48. The standard InChI is InChI=1S/C3H4N2O.C3H7NO2/c4-2-1-3(5)6;1-2-3(5)6-4/h1H2,(H2,5,6);2,4H2,1H3. The number of nitrogens with two attached hydrogens (primary N) is 2. The van der Waals surface area contributed by atoms with Crippen molar-refractivity contribution < 1.29 is 14.4 Å². The molecule has 4 N–H and O–H groups in total. The Hall–Kier alpha value is -1.61. The SMILES string of the molecule is CCC(=O)ON.N#CCC(N)=O. The number of primary amides is 1. The minimum absolute atomic E-state index is 0.181. The highest BCUT2D eigenvalue weighted by Crippen LogP contribution is 1.73. The molecule has 0 radical (unpaired) electrons. The summed E-state index contributed by atoms with van der Waals surface area (Å²) in [7, 11) is 0. The maximum absolute atomic E-state index is 9.83. The van der Waals surface area contributed by atoms with Crippen molar-refractivity contribution >= 4 is 11.9 Å². The highest BCUT2D eigenvalue weighted by Gasteiger charge is 1.88. The molecular weight excluding hydrogens is 162 g/mol. The quantitative estimate of drug-likeness (QED) is 0.529. The Morgan fingerprint density at radius 2 is 2.08 bits per heavy atom. The van der Waals surface area contributed by atoms with Crippen LogP contribution in [0.25, 0.3) is 0 Å². The Morgan fingerprint density at radius 3 is 2.08 bits per heavy atom. The molecule has 0 spiro atoms. The van der Waals surface area contributed by atoms with Crippen LogP contribution in [0.4, 0.5) is 0 Å². The summed E-state index contributed by atoms with van der Waals surface area (Å²) in [4.78, 5) is 23.2. The molecule has 0 rings (SSSR count). The third-order valence-corrected chi connectivity index (χ3v) is 0.673. The molecule has 0 saturated carbocycles. The van der Waals surface area contributed by atoms with Crippen LogP contribution in [0.2, 0.25) is 0 Å². The topological polar surface area (TPSA) is 119 Å². The molecule has 0 heterocycles. The van der Waals surface area contributed by atoms with Gasteiger partial charge in [0.05, 0.1) is 6.07 Å². The van der Waals surface area contributed by atoms with E-state index in [1.165, 1.54) is 0 Å². The summed E-state index contributed by atoms with van der Waals surface area (Å²) in [6.45, 7) is 1.68. The third kappa shape index (κ3) is 15.8. The predicted octanol–water partition coefficient (Wildman–Crippen LogP) is -0.801. The van der Waals surface area contributed by atoms with Crippen molar-refractivity contribution in [3.05, 3.63) is 0 Å². The summed E-state index contributed by atoms with van der Waals surface area (Å²) < 4.78 is 0. The van der Waals surface area contributed by atoms with Crippen molar-refractivity contribution in [2.75, 3.05) is 0 Å². The highest BCUT2D eigenvalue weighted by molar-refractivity contribution is 5.75. The molecule has 0 aromatic rings. The molecule has 0 aliphatic rings. The van der Waals surface area contributed by atoms with Crippen LogP contribution in [0.3, 0.4) is 0 Å². The molecule has 0 aromatic heterocycles. The van der Waals surface area contributed by atoms with E-state index in [9.17, 15) is 9.59 Å². The smallest absolute Gasteiger partial charge is 0.324 e. The van der Waals surface area contributed by atoms with Gasteiger partial charge in [-0.15, -0.1) is 0 Å². The molecule has 68 valence electrons. The zero-order valence-electron chi connectivity index (χ0n) is 6.74. The van der Waals surface area contributed by atoms with Gasteiger partial charge in [-0.25, -0.2) is 0 Å². The van der Waals surface area contributed by atoms with Crippen LogP contribution < -0.4 is 11.6 Å². The predicted molar refractivity (Wildman–Crippen MR) is 40.0 cm³/mol. The van der Waals surface area contributed by atoms with E-state index in [-0.39, 0.29) is 12.4 Å². The van der Waals surface area contributed by atoms with Gasteiger partial charge in [-0.3, -0.25) is 9.59 Å². The Balaban J connectivity index is 0. The second-order valence-electron chi connectivity index (χ2n) is 1.64. The number of nitriles is 1. The lowest BCUT2D eigenvalue weighted by Gasteiger charge is -1.85. The summed E-state index contributed by atoms with van der Waals surface area (Å²) in [5.41, 5.74) is 4.54. The molecule has 0 aromatic carbocycles. The number of carbonyl (C=O) groups is 2. The number of hydrogen-bond donors (Lipinski definition) is 2. The van der Waals surface area contributed by atoms with E-state index in [2.05, 4.69) is 16.5 Å². The molecule has 0 aliphatic carbocycles. The minimum atomic E-state index is -0.572. The average molecular weight is 173 g/mol. The number of amides is 1. The second-order valence-corrected chi connectivity index (χ2v) is 1.64. The molecule has 0 saturated heterocycles. The number of carbonyl (C=O) groups excluding carboxylic acids is 2. The summed E-state index contributed by atoms with van der Waals surface area (Å²) in [6, 6.07) is 1.59. The van der Waals surface area contributed by atoms with E-state index in [1.54, 1.807) is 13.0 Å². The molecule has 0 unspecified atom stereocenters. The lowest BCUT2D eigenvalue weighted by molar-refractivity contribution is -0.143. The van der Waals surface area contributed by atoms with Gasteiger partial charge in [0.1, 0.15) is 6.42 Å². The molecule has 12 heavy (non-hydrogen) atoms. The first-order valence-corrected chi connectivity index (χ1v) is 3.13. The summed E-state index contributed by atoms with van der Waals surface area (Å²) in [6.07, 6.45) is 0.163. The van der Waals surface area contributed by atoms with Gasteiger partial charge in [-0.2, -0.15) is 11.2 Å². The minimum Gasteiger partial charge on any atom is -0.373 e. The van der Waals surface area contributed by atoms with Crippen LogP contribution in [0.5, 0.6) is 0 Å². The van der Waals surface area contributed by atoms with Crippen LogP contribution in [0.15, 0.2) is 0 Å². The van der Waals surface area contributed by atoms with Gasteiger partial charge < -0.3 is 10.6 Å². The van der Waals surface area contributed by atoms with Crippen molar-refractivity contribution in [1.82, 2.24) is 0 Å². The van der Waals surface area contributed by atoms with Gasteiger partial charge in [0.2, 0.25) is 5.91 Å². The van der Waals surface area contributed by atoms with Crippen molar-refractivity contribution in [2.45, 2.75) is 19.8 Å². The van der Waals surface area contributed by atoms with Crippen molar-refractivity contribution in [2.24, 2.45) is 11.6 Å². The number of rotatable bonds is 2. The molecule has 0 bridgehead atoms. The van der Waals surface area contributed by atoms with Crippen LogP contribution in [-0.2, 0) is 14.4 Å². The van der Waals surface area contributed by atoms with Crippen LogP contribution in [-0.4, -0.2) is 11.9 Å². The summed E-state index contributed by atoms with van der Waals surface area (Å²) in [5, 5.41) is 7.69. The van der Waals surface area contributed by atoms with E-state index >= 15 is 0 Å². The maximum atomic E-state index is 9.83. The van der Waals surface area contributed by atoms with Gasteiger partial charge >= 0.3 is 5.97 Å². The maximum Gasteiger partial charge on any atom is 0.324 e. The van der Waals surface area contributed by atoms with E-state index in [4.69, 9.17) is 5.26 Å². The van der Waals surface area contributed by atoms with Crippen molar-refractivity contribution in [1.29, 1.82) is 5.26 Å². The average Bonchev–Trinajstić information content (AvgIpc) is 2.04. The molecular formula is C6H11N3O3. The van der Waals surface area contributed by atoms with E-state index in [0.717, 1.165) is 0 Å². The first-order valence-electron chi connectivity index (χ1n) is 3.13. The lowest BCUT2D eigenvalue weighted by Crippen LogP contribution is -2.07. The van der Waals surface area contributed by atoms with Crippen LogP contribution in [0.1, 0.15) is 19.8 Å². The van der Waals surface area contributed by atoms with Gasteiger partial charge in [0, 0.05) is 6.42 Å². The Labute approximate surface area is 70.0 Å². The molecule has 1 amide bonds. The van der Waals surface area contributed by atoms with Gasteiger partial charge in [0.15, 0.2) is 0 Å². The van der Waals surface area contributed by atoms with Crippen LogP contribution >= 0.6 is 0 Å². The first-order chi connectivity index (χ1) is 5.58. The second kappa shape index (κ2) is 9.39. The normalized spacial score (nSPS) is 7.08. The lowest BCUT2D eigenvalue weighted by atomic mass is 10.5. The van der Waals surface area contributed by atoms with Gasteiger partial charge in [0.25, 0.3) is 0 Å². The summed E-state index contributed by atoms with van der Waals surface area (Å²) >= 11 is 0. The fourth-order valence-electron chi connectivity index (χ4n) is 0.161. The fraction of sp³-hybridized carbons (Fsp3) is 0.500. The fourth-order valence-corrected chi connectivity index (χ4v) is 0.161. The van der Waals surface area contributed by atoms with E-state index in [0.29, 0.717) is 6.42 Å². The van der Waals surface area contributed by atoms with Crippen molar-refractivity contribution in [3.63, 3.8) is 0 Å². The van der Waals surface area contributed by atoms with Crippen molar-refractivity contribution in [3.8, 4) is 6.07 Å². The number of nitrogens with zero attached hydrogens (tertiary/aromatic N) is 1. The Bertz CT molecular complexity index is 179. The zero-order chi connectivity index (χ0) is 9.98. The van der Waals surface area contributed by atoms with E-state index in [1.807, 2.05) is 0 Å². The van der Waals surface area contributed by atoms with E-state index < -0.39 is 5.91 Å². The Kier molecular flexibility index (Phi) is 10.2. The zero-order valence-corrected chi connectivity index (χ0v) is 6.74. The third-order valence-electron chi connectivity index (χ3n) is 0.673. The van der Waals surface area contributed by atoms with Gasteiger partial charge in [-0.1, -0.05) is 6.92 Å². The Morgan fingerprint density at radius 1 is 1.58 bits per heavy atom. The molecule has 0 atom stereocenters. The molecule has 0 fully saturated rings. The molecule has 6 nitrogen and oxygen atoms in total. The molecule has 0 aliphatic heterocycles. The van der Waals surface area contributed by atoms with Crippen LogP contribution in [0, 0.1) is 11.3 Å². The number of hydrogen-bond acceptors (Lipinski definition) is 5. The molecule has 6 heteroatoms. The highest BCUT2D eigenvalue weighted by atomic mass is 16.7. The monoisotopic (exact) mass is 173 g/mol. The largest absolute Gasteiger partial charge is 0.373 e. The van der Waals surface area contributed by atoms with Gasteiger partial charge in [-0.05, 0) is 0 Å². The first kappa shape index (κ1) is 13.0.